The second-order valence-electron chi connectivity index (χ2n) is 7.49. The van der Waals surface area contributed by atoms with Gasteiger partial charge in [0, 0.05) is 31.4 Å². The van der Waals surface area contributed by atoms with Crippen LogP contribution in [0.2, 0.25) is 0 Å². The molecule has 0 amide bonds. The van der Waals surface area contributed by atoms with E-state index in [0.717, 1.165) is 37.2 Å². The smallest absolute Gasteiger partial charge is 0.323 e. The minimum absolute atomic E-state index is 0.291. The van der Waals surface area contributed by atoms with Crippen LogP contribution in [0.1, 0.15) is 49.9 Å². The summed E-state index contributed by atoms with van der Waals surface area (Å²) in [7, 11) is 0. The second-order valence-corrected chi connectivity index (χ2v) is 7.49. The Hall–Kier alpha value is -3.55. The van der Waals surface area contributed by atoms with Crippen molar-refractivity contribution in [3.8, 4) is 6.01 Å². The third-order valence-corrected chi connectivity index (χ3v) is 4.98. The molecule has 8 nitrogen and oxygen atoms in total. The third-order valence-electron chi connectivity index (χ3n) is 4.98. The first-order valence-corrected chi connectivity index (χ1v) is 11.7. The molecule has 0 atom stereocenters. The molecule has 4 rings (SSSR count). The first-order valence-electron chi connectivity index (χ1n) is 11.7. The van der Waals surface area contributed by atoms with Crippen molar-refractivity contribution >= 4 is 18.1 Å². The number of hydrogen-bond donors (Lipinski definition) is 1. The molecule has 1 N–H and O–H groups in total. The first kappa shape index (κ1) is 24.1. The summed E-state index contributed by atoms with van der Waals surface area (Å²) in [4.78, 5) is 20.0. The maximum Gasteiger partial charge on any atom is 0.323 e. The average molecular weight is 448 g/mol. The van der Waals surface area contributed by atoms with E-state index >= 15 is 0 Å². The van der Waals surface area contributed by atoms with Crippen LogP contribution in [0.5, 0.6) is 6.01 Å². The number of rotatable bonds is 8. The largest absolute Gasteiger partial charge is 0.463 e. The zero-order valence-electron chi connectivity index (χ0n) is 19.7. The number of hydrazone groups is 1. The molecule has 174 valence electrons. The van der Waals surface area contributed by atoms with Crippen molar-refractivity contribution in [1.82, 2.24) is 19.9 Å². The summed E-state index contributed by atoms with van der Waals surface area (Å²) in [5, 5.41) is 4.30. The summed E-state index contributed by atoms with van der Waals surface area (Å²) in [6.45, 7) is 8.36. The third kappa shape index (κ3) is 7.82. The van der Waals surface area contributed by atoms with Gasteiger partial charge in [0.15, 0.2) is 0 Å². The van der Waals surface area contributed by atoms with Crippen LogP contribution in [0.15, 0.2) is 53.8 Å². The molecular weight excluding hydrogens is 414 g/mol. The molecular formula is C25H33N7O. The van der Waals surface area contributed by atoms with E-state index in [1.807, 2.05) is 44.2 Å². The monoisotopic (exact) mass is 447 g/mol. The Balaban J connectivity index is 0.00000149. The lowest BCUT2D eigenvalue weighted by Gasteiger charge is -2.26. The average Bonchev–Trinajstić information content (AvgIpc) is 2.86. The number of pyridine rings is 1. The molecule has 1 aliphatic rings. The number of anilines is 2. The van der Waals surface area contributed by atoms with Crippen molar-refractivity contribution in [2.75, 3.05) is 30.0 Å². The predicted molar refractivity (Wildman–Crippen MR) is 133 cm³/mol. The number of nitrogens with one attached hydrogen (secondary N) is 1. The summed E-state index contributed by atoms with van der Waals surface area (Å²) in [5.41, 5.74) is 6.08. The molecule has 2 aromatic heterocycles. The van der Waals surface area contributed by atoms with Crippen LogP contribution in [0, 0.1) is 6.92 Å². The second kappa shape index (κ2) is 13.1. The molecule has 0 radical (unpaired) electrons. The van der Waals surface area contributed by atoms with Crippen molar-refractivity contribution in [3.63, 3.8) is 0 Å². The topological polar surface area (TPSA) is 88.4 Å². The summed E-state index contributed by atoms with van der Waals surface area (Å²) in [5.74, 6) is 0.989. The van der Waals surface area contributed by atoms with Crippen LogP contribution in [-0.4, -0.2) is 45.8 Å². The van der Waals surface area contributed by atoms with Crippen molar-refractivity contribution in [2.24, 2.45) is 5.10 Å². The van der Waals surface area contributed by atoms with Gasteiger partial charge in [-0.15, -0.1) is 0 Å². The molecule has 0 spiro atoms. The van der Waals surface area contributed by atoms with Crippen LogP contribution in [-0.2, 0) is 6.42 Å². The van der Waals surface area contributed by atoms with E-state index in [4.69, 9.17) is 4.74 Å². The highest BCUT2D eigenvalue weighted by Crippen LogP contribution is 2.19. The molecule has 33 heavy (non-hydrogen) atoms. The number of benzene rings is 1. The van der Waals surface area contributed by atoms with Gasteiger partial charge in [0.05, 0.1) is 12.8 Å². The molecule has 8 heteroatoms. The van der Waals surface area contributed by atoms with Gasteiger partial charge in [-0.3, -0.25) is 4.98 Å². The fourth-order valence-electron chi connectivity index (χ4n) is 3.40. The molecule has 3 heterocycles. The molecule has 3 aromatic rings. The molecule has 0 aliphatic carbocycles. The van der Waals surface area contributed by atoms with Crippen molar-refractivity contribution in [1.29, 1.82) is 0 Å². The standard InChI is InChI=1S/C23H27N7O.C2H6/c1-18-8-7-9-19(16-18)17-25-29-21-26-22(30-13-5-2-6-14-30)28-23(27-21)31-15-11-20-10-3-4-12-24-20;1-2/h3-4,7-10,12,16-17H,2,5-6,11,13-15H2,1H3,(H,26,27,28,29);1-2H3/b25-17+;. The van der Waals surface area contributed by atoms with E-state index in [1.54, 1.807) is 12.4 Å². The Morgan fingerprint density at radius 2 is 1.88 bits per heavy atom. The van der Waals surface area contributed by atoms with Crippen LogP contribution in [0.25, 0.3) is 0 Å². The van der Waals surface area contributed by atoms with Gasteiger partial charge in [0.25, 0.3) is 5.95 Å². The zero-order chi connectivity index (χ0) is 23.3. The lowest BCUT2D eigenvalue weighted by Crippen LogP contribution is -2.31. The van der Waals surface area contributed by atoms with Gasteiger partial charge in [0.1, 0.15) is 0 Å². The normalized spacial score (nSPS) is 13.4. The molecule has 1 aromatic carbocycles. The molecule has 0 unspecified atom stereocenters. The summed E-state index contributed by atoms with van der Waals surface area (Å²) in [6, 6.07) is 14.2. The van der Waals surface area contributed by atoms with E-state index in [0.29, 0.717) is 30.9 Å². The molecule has 1 fully saturated rings. The molecule has 1 aliphatic heterocycles. The van der Waals surface area contributed by atoms with Crippen molar-refractivity contribution in [2.45, 2.75) is 46.5 Å². The first-order chi connectivity index (χ1) is 16.3. The Morgan fingerprint density at radius 1 is 1.03 bits per heavy atom. The lowest BCUT2D eigenvalue weighted by atomic mass is 10.1. The number of nitrogens with zero attached hydrogens (tertiary/aromatic N) is 6. The fraction of sp³-hybridized carbons (Fsp3) is 0.400. The highest BCUT2D eigenvalue weighted by atomic mass is 16.5. The SMILES string of the molecule is CC.Cc1cccc(/C=N/Nc2nc(OCCc3ccccn3)nc(N3CCCCC3)n2)c1. The van der Waals surface area contributed by atoms with E-state index in [1.165, 1.54) is 12.0 Å². The highest BCUT2D eigenvalue weighted by molar-refractivity contribution is 5.80. The van der Waals surface area contributed by atoms with Gasteiger partial charge in [-0.05, 0) is 43.9 Å². The van der Waals surface area contributed by atoms with E-state index in [-0.39, 0.29) is 0 Å². The Kier molecular flexibility index (Phi) is 9.57. The molecule has 0 bridgehead atoms. The number of ether oxygens (including phenoxy) is 1. The van der Waals surface area contributed by atoms with Gasteiger partial charge in [0.2, 0.25) is 5.95 Å². The summed E-state index contributed by atoms with van der Waals surface area (Å²) < 4.78 is 5.84. The van der Waals surface area contributed by atoms with Gasteiger partial charge in [-0.1, -0.05) is 49.7 Å². The Bertz CT molecular complexity index is 1000. The number of aryl methyl sites for hydroxylation is 1. The number of hydrogen-bond acceptors (Lipinski definition) is 8. The van der Waals surface area contributed by atoms with Crippen molar-refractivity contribution in [3.05, 3.63) is 65.5 Å². The van der Waals surface area contributed by atoms with Crippen LogP contribution in [0.3, 0.4) is 0 Å². The maximum atomic E-state index is 5.84. The number of aromatic nitrogens is 4. The minimum atomic E-state index is 0.291. The van der Waals surface area contributed by atoms with Crippen LogP contribution in [0.4, 0.5) is 11.9 Å². The quantitative estimate of drug-likeness (QED) is 0.397. The Morgan fingerprint density at radius 3 is 2.64 bits per heavy atom. The summed E-state index contributed by atoms with van der Waals surface area (Å²) >= 11 is 0. The predicted octanol–water partition coefficient (Wildman–Crippen LogP) is 4.66. The van der Waals surface area contributed by atoms with Crippen LogP contribution < -0.4 is 15.1 Å². The number of piperidine rings is 1. The molecule has 1 saturated heterocycles. The summed E-state index contributed by atoms with van der Waals surface area (Å²) in [6.07, 6.45) is 7.71. The Labute approximate surface area is 196 Å². The van der Waals surface area contributed by atoms with E-state index in [2.05, 4.69) is 54.4 Å². The maximum absolute atomic E-state index is 5.84. The van der Waals surface area contributed by atoms with Crippen LogP contribution >= 0.6 is 0 Å². The van der Waals surface area contributed by atoms with Gasteiger partial charge < -0.3 is 9.64 Å². The van der Waals surface area contributed by atoms with Gasteiger partial charge in [-0.25, -0.2) is 5.43 Å². The lowest BCUT2D eigenvalue weighted by molar-refractivity contribution is 0.294. The van der Waals surface area contributed by atoms with Gasteiger partial charge >= 0.3 is 6.01 Å². The highest BCUT2D eigenvalue weighted by Gasteiger charge is 2.17. The van der Waals surface area contributed by atoms with E-state index in [9.17, 15) is 0 Å². The van der Waals surface area contributed by atoms with E-state index < -0.39 is 0 Å². The zero-order valence-corrected chi connectivity index (χ0v) is 19.7. The van der Waals surface area contributed by atoms with Gasteiger partial charge in [-0.2, -0.15) is 20.1 Å². The fourth-order valence-corrected chi connectivity index (χ4v) is 3.40. The van der Waals surface area contributed by atoms with Crippen molar-refractivity contribution < 1.29 is 4.74 Å². The minimum Gasteiger partial charge on any atom is -0.463 e. The molecule has 0 saturated carbocycles.